The zero-order valence-electron chi connectivity index (χ0n) is 8.27. The monoisotopic (exact) mass is 194 g/mol. The molecule has 76 valence electrons. The maximum Gasteiger partial charge on any atom is 0.356 e. The molecule has 1 rings (SSSR count). The maximum atomic E-state index is 11.2. The van der Waals surface area contributed by atoms with Gasteiger partial charge in [-0.1, -0.05) is 6.08 Å². The van der Waals surface area contributed by atoms with E-state index >= 15 is 0 Å². The number of aromatic nitrogens is 2. The van der Waals surface area contributed by atoms with Crippen molar-refractivity contribution in [2.24, 2.45) is 0 Å². The molecule has 0 saturated carbocycles. The molecule has 0 spiro atoms. The van der Waals surface area contributed by atoms with Gasteiger partial charge in [0.2, 0.25) is 0 Å². The number of ether oxygens (including phenoxy) is 1. The third-order valence-electron chi connectivity index (χ3n) is 1.89. The van der Waals surface area contributed by atoms with E-state index in [1.165, 1.54) is 7.11 Å². The van der Waals surface area contributed by atoms with Gasteiger partial charge in [0.15, 0.2) is 0 Å². The van der Waals surface area contributed by atoms with Crippen LogP contribution in [0.2, 0.25) is 0 Å². The van der Waals surface area contributed by atoms with Crippen LogP contribution in [0.15, 0.2) is 24.9 Å². The molecule has 0 aromatic carbocycles. The molecule has 0 aliphatic carbocycles. The highest BCUT2D eigenvalue weighted by Crippen LogP contribution is 2.03. The first kappa shape index (κ1) is 10.5. The number of hydrogen-bond acceptors (Lipinski definition) is 3. The predicted molar refractivity (Wildman–Crippen MR) is 53.0 cm³/mol. The fourth-order valence-corrected chi connectivity index (χ4v) is 1.17. The first-order chi connectivity index (χ1) is 6.79. The van der Waals surface area contributed by atoms with Crippen LogP contribution in [-0.4, -0.2) is 22.9 Å². The minimum Gasteiger partial charge on any atom is -0.464 e. The lowest BCUT2D eigenvalue weighted by Crippen LogP contribution is -2.11. The Hall–Kier alpha value is -1.58. The topological polar surface area (TPSA) is 44.1 Å². The summed E-state index contributed by atoms with van der Waals surface area (Å²) in [5.74, 6) is -0.346. The smallest absolute Gasteiger partial charge is 0.356 e. The summed E-state index contributed by atoms with van der Waals surface area (Å²) in [5.41, 5.74) is 0.497. The van der Waals surface area contributed by atoms with Crippen molar-refractivity contribution in [2.75, 3.05) is 7.11 Å². The summed E-state index contributed by atoms with van der Waals surface area (Å²) < 4.78 is 6.27. The van der Waals surface area contributed by atoms with E-state index in [0.29, 0.717) is 12.2 Å². The molecule has 1 aromatic heterocycles. The summed E-state index contributed by atoms with van der Waals surface area (Å²) in [5, 5.41) is 4.04. The predicted octanol–water partition coefficient (Wildman–Crippen LogP) is 1.64. The SMILES string of the molecule is C=CCCCn1nccc1C(=O)OC. The molecule has 0 bridgehead atoms. The van der Waals surface area contributed by atoms with Gasteiger partial charge in [-0.15, -0.1) is 6.58 Å². The van der Waals surface area contributed by atoms with Crippen molar-refractivity contribution in [1.29, 1.82) is 0 Å². The molecular formula is C10H14N2O2. The highest BCUT2D eigenvalue weighted by atomic mass is 16.5. The Labute approximate surface area is 83.2 Å². The van der Waals surface area contributed by atoms with Crippen LogP contribution in [0.4, 0.5) is 0 Å². The fourth-order valence-electron chi connectivity index (χ4n) is 1.17. The lowest BCUT2D eigenvalue weighted by molar-refractivity contribution is 0.0586. The third kappa shape index (κ3) is 2.45. The normalized spacial score (nSPS) is 9.79. The molecule has 0 amide bonds. The zero-order chi connectivity index (χ0) is 10.4. The van der Waals surface area contributed by atoms with Crippen LogP contribution in [-0.2, 0) is 11.3 Å². The summed E-state index contributed by atoms with van der Waals surface area (Å²) in [4.78, 5) is 11.2. The summed E-state index contributed by atoms with van der Waals surface area (Å²) in [6.07, 6.45) is 5.29. The molecule has 0 radical (unpaired) electrons. The standard InChI is InChI=1S/C10H14N2O2/c1-3-4-5-8-12-9(6-7-11-12)10(13)14-2/h3,6-7H,1,4-5,8H2,2H3. The Kier molecular flexibility index (Phi) is 3.91. The van der Waals surface area contributed by atoms with E-state index < -0.39 is 0 Å². The molecule has 0 fully saturated rings. The number of aryl methyl sites for hydroxylation is 1. The Bertz CT molecular complexity index is 318. The molecule has 4 heteroatoms. The fraction of sp³-hybridized carbons (Fsp3) is 0.400. The largest absolute Gasteiger partial charge is 0.464 e. The van der Waals surface area contributed by atoms with Gasteiger partial charge in [0, 0.05) is 12.7 Å². The third-order valence-corrected chi connectivity index (χ3v) is 1.89. The van der Waals surface area contributed by atoms with E-state index in [-0.39, 0.29) is 5.97 Å². The molecule has 1 heterocycles. The van der Waals surface area contributed by atoms with Gasteiger partial charge >= 0.3 is 5.97 Å². The number of nitrogens with zero attached hydrogens (tertiary/aromatic N) is 2. The van der Waals surface area contributed by atoms with Crippen molar-refractivity contribution < 1.29 is 9.53 Å². The quantitative estimate of drug-likeness (QED) is 0.406. The average Bonchev–Trinajstić information content (AvgIpc) is 2.65. The lowest BCUT2D eigenvalue weighted by atomic mass is 10.3. The number of rotatable bonds is 5. The molecule has 0 unspecified atom stereocenters. The molecular weight excluding hydrogens is 180 g/mol. The highest BCUT2D eigenvalue weighted by Gasteiger charge is 2.10. The number of esters is 1. The van der Waals surface area contributed by atoms with Gasteiger partial charge in [0.25, 0.3) is 0 Å². The van der Waals surface area contributed by atoms with Crippen molar-refractivity contribution in [3.63, 3.8) is 0 Å². The molecule has 1 aromatic rings. The Morgan fingerprint density at radius 2 is 2.57 bits per heavy atom. The second kappa shape index (κ2) is 5.21. The highest BCUT2D eigenvalue weighted by molar-refractivity contribution is 5.87. The van der Waals surface area contributed by atoms with Gasteiger partial charge in [0.05, 0.1) is 7.11 Å². The zero-order valence-corrected chi connectivity index (χ0v) is 8.27. The second-order valence-electron chi connectivity index (χ2n) is 2.86. The molecule has 14 heavy (non-hydrogen) atoms. The first-order valence-electron chi connectivity index (χ1n) is 4.50. The molecule has 0 aliphatic rings. The number of allylic oxidation sites excluding steroid dienone is 1. The van der Waals surface area contributed by atoms with E-state index in [4.69, 9.17) is 0 Å². The van der Waals surface area contributed by atoms with Gasteiger partial charge in [-0.2, -0.15) is 5.10 Å². The van der Waals surface area contributed by atoms with Crippen molar-refractivity contribution in [3.8, 4) is 0 Å². The summed E-state index contributed by atoms with van der Waals surface area (Å²) >= 11 is 0. The van der Waals surface area contributed by atoms with Crippen molar-refractivity contribution in [3.05, 3.63) is 30.6 Å². The van der Waals surface area contributed by atoms with Crippen molar-refractivity contribution >= 4 is 5.97 Å². The molecule has 4 nitrogen and oxygen atoms in total. The molecule has 0 N–H and O–H groups in total. The van der Waals surface area contributed by atoms with Crippen molar-refractivity contribution in [1.82, 2.24) is 9.78 Å². The van der Waals surface area contributed by atoms with Crippen LogP contribution >= 0.6 is 0 Å². The van der Waals surface area contributed by atoms with E-state index in [0.717, 1.165) is 12.8 Å². The summed E-state index contributed by atoms with van der Waals surface area (Å²) in [6.45, 7) is 4.34. The Balaban J connectivity index is 2.62. The maximum absolute atomic E-state index is 11.2. The van der Waals surface area contributed by atoms with Crippen molar-refractivity contribution in [2.45, 2.75) is 19.4 Å². The van der Waals surface area contributed by atoms with Gasteiger partial charge in [-0.25, -0.2) is 4.79 Å². The number of carbonyl (C=O) groups is 1. The number of methoxy groups -OCH3 is 1. The van der Waals surface area contributed by atoms with Crippen LogP contribution in [0, 0.1) is 0 Å². The number of carbonyl (C=O) groups excluding carboxylic acids is 1. The van der Waals surface area contributed by atoms with E-state index in [2.05, 4.69) is 16.4 Å². The number of unbranched alkanes of at least 4 members (excludes halogenated alkanes) is 1. The molecule has 0 aliphatic heterocycles. The average molecular weight is 194 g/mol. The van der Waals surface area contributed by atoms with Crippen LogP contribution < -0.4 is 0 Å². The van der Waals surface area contributed by atoms with E-state index in [1.54, 1.807) is 16.9 Å². The van der Waals surface area contributed by atoms with Gasteiger partial charge in [0.1, 0.15) is 5.69 Å². The Morgan fingerprint density at radius 1 is 1.79 bits per heavy atom. The van der Waals surface area contributed by atoms with Gasteiger partial charge in [-0.3, -0.25) is 4.68 Å². The molecule has 0 saturated heterocycles. The van der Waals surface area contributed by atoms with Crippen LogP contribution in [0.1, 0.15) is 23.3 Å². The van der Waals surface area contributed by atoms with E-state index in [1.807, 2.05) is 6.08 Å². The summed E-state index contributed by atoms with van der Waals surface area (Å²) in [6, 6.07) is 1.65. The number of hydrogen-bond donors (Lipinski definition) is 0. The molecule has 0 atom stereocenters. The van der Waals surface area contributed by atoms with Crippen LogP contribution in [0.25, 0.3) is 0 Å². The van der Waals surface area contributed by atoms with Crippen LogP contribution in [0.3, 0.4) is 0 Å². The second-order valence-corrected chi connectivity index (χ2v) is 2.86. The first-order valence-corrected chi connectivity index (χ1v) is 4.50. The van der Waals surface area contributed by atoms with Gasteiger partial charge in [-0.05, 0) is 18.9 Å². The van der Waals surface area contributed by atoms with Gasteiger partial charge < -0.3 is 4.74 Å². The summed E-state index contributed by atoms with van der Waals surface area (Å²) in [7, 11) is 1.36. The minimum absolute atomic E-state index is 0.346. The van der Waals surface area contributed by atoms with Crippen LogP contribution in [0.5, 0.6) is 0 Å². The Morgan fingerprint density at radius 3 is 3.21 bits per heavy atom. The minimum atomic E-state index is -0.346. The lowest BCUT2D eigenvalue weighted by Gasteiger charge is -2.04. The van der Waals surface area contributed by atoms with E-state index in [9.17, 15) is 4.79 Å².